The average Bonchev–Trinajstić information content (AvgIpc) is 3.04. The van der Waals surface area contributed by atoms with Crippen molar-refractivity contribution < 1.29 is 28.1 Å². The number of carbonyl (C=O) groups excluding carboxylic acids is 4. The van der Waals surface area contributed by atoms with Gasteiger partial charge in [0.15, 0.2) is 11.0 Å². The molecule has 4 amide bonds. The predicted octanol–water partition coefficient (Wildman–Crippen LogP) is 5.46. The molecule has 4 atom stereocenters. The van der Waals surface area contributed by atoms with Gasteiger partial charge in [-0.15, -0.1) is 0 Å². The van der Waals surface area contributed by atoms with Crippen molar-refractivity contribution in [3.05, 3.63) is 77.4 Å². The van der Waals surface area contributed by atoms with Crippen LogP contribution in [0.25, 0.3) is 0 Å². The Labute approximate surface area is 307 Å². The number of hydrogen-bond donors (Lipinski definition) is 3. The first-order chi connectivity index (χ1) is 23.4. The van der Waals surface area contributed by atoms with Crippen molar-refractivity contribution in [3.8, 4) is 0 Å². The maximum absolute atomic E-state index is 14.5. The maximum Gasteiger partial charge on any atom is 0.410 e. The van der Waals surface area contributed by atoms with Crippen molar-refractivity contribution in [2.24, 2.45) is 17.1 Å². The van der Waals surface area contributed by atoms with E-state index in [1.165, 1.54) is 16.8 Å². The van der Waals surface area contributed by atoms with Gasteiger partial charge >= 0.3 is 6.09 Å². The van der Waals surface area contributed by atoms with Crippen LogP contribution in [0.15, 0.2) is 71.1 Å². The van der Waals surface area contributed by atoms with Gasteiger partial charge in [-0.3, -0.25) is 24.0 Å². The van der Waals surface area contributed by atoms with Gasteiger partial charge in [0.05, 0.1) is 10.9 Å². The van der Waals surface area contributed by atoms with E-state index in [-0.39, 0.29) is 17.4 Å². The van der Waals surface area contributed by atoms with E-state index in [4.69, 9.17) is 10.5 Å². The van der Waals surface area contributed by atoms with Crippen LogP contribution in [0.3, 0.4) is 0 Å². The molecule has 4 N–H and O–H groups in total. The quantitative estimate of drug-likeness (QED) is 0.232. The largest absolute Gasteiger partial charge is 0.444 e. The topological polar surface area (TPSA) is 151 Å². The van der Waals surface area contributed by atoms with Crippen molar-refractivity contribution in [1.29, 1.82) is 0 Å². The van der Waals surface area contributed by atoms with Crippen LogP contribution in [0, 0.1) is 11.3 Å². The van der Waals surface area contributed by atoms with E-state index < -0.39 is 63.4 Å². The number of carbonyl (C=O) groups is 4. The van der Waals surface area contributed by atoms with Crippen molar-refractivity contribution >= 4 is 34.8 Å². The third-order valence-corrected chi connectivity index (χ3v) is 9.80. The number of hydrogen-bond acceptors (Lipinski definition) is 7. The number of likely N-dealkylation sites (N-methyl/N-ethyl adjacent to an activating group) is 2. The fraction of sp³-hybridized carbons (Fsp3) is 0.538. The lowest BCUT2D eigenvalue weighted by molar-refractivity contribution is -0.141. The molecule has 0 saturated heterocycles. The van der Waals surface area contributed by atoms with E-state index >= 15 is 0 Å². The Hall–Kier alpha value is -4.03. The summed E-state index contributed by atoms with van der Waals surface area (Å²) in [5.74, 6) is -1.57. The number of nitrogens with two attached hydrogens (primary N) is 1. The molecule has 2 rings (SSSR count). The molecule has 11 nitrogen and oxygen atoms in total. The van der Waals surface area contributed by atoms with Gasteiger partial charge in [0.2, 0.25) is 11.8 Å². The average molecular weight is 726 g/mol. The maximum atomic E-state index is 14.5. The minimum absolute atomic E-state index is 0.129. The van der Waals surface area contributed by atoms with E-state index in [0.717, 1.165) is 11.1 Å². The smallest absolute Gasteiger partial charge is 0.410 e. The number of nitrogens with zero attached hydrogens (tertiary/aromatic N) is 2. The summed E-state index contributed by atoms with van der Waals surface area (Å²) in [5.41, 5.74) is 5.19. The Morgan fingerprint density at radius 3 is 1.90 bits per heavy atom. The van der Waals surface area contributed by atoms with Crippen LogP contribution in [0.5, 0.6) is 0 Å². The lowest BCUT2D eigenvalue weighted by Crippen LogP contribution is -2.63. The summed E-state index contributed by atoms with van der Waals surface area (Å²) in [5, 5.41) is 3.01. The molecule has 12 heteroatoms. The van der Waals surface area contributed by atoms with Crippen LogP contribution in [0.2, 0.25) is 0 Å². The minimum atomic E-state index is -1.80. The fourth-order valence-electron chi connectivity index (χ4n) is 5.73. The van der Waals surface area contributed by atoms with Gasteiger partial charge in [0.1, 0.15) is 17.7 Å². The Morgan fingerprint density at radius 1 is 0.882 bits per heavy atom. The second-order valence-corrected chi connectivity index (χ2v) is 17.2. The molecule has 2 aromatic carbocycles. The molecule has 2 aromatic rings. The molecule has 0 saturated carbocycles. The van der Waals surface area contributed by atoms with E-state index in [9.17, 15) is 23.4 Å². The van der Waals surface area contributed by atoms with Crippen LogP contribution >= 0.6 is 0 Å². The molecule has 0 radical (unpaired) electrons. The lowest BCUT2D eigenvalue weighted by atomic mass is 9.76. The van der Waals surface area contributed by atoms with E-state index in [1.54, 1.807) is 65.1 Å². The number of rotatable bonds is 13. The van der Waals surface area contributed by atoms with Crippen LogP contribution < -0.4 is 15.8 Å². The highest BCUT2D eigenvalue weighted by Gasteiger charge is 2.46. The molecule has 0 aliphatic carbocycles. The van der Waals surface area contributed by atoms with Gasteiger partial charge in [-0.25, -0.2) is 9.00 Å². The zero-order valence-electron chi connectivity index (χ0n) is 32.6. The Bertz CT molecular complexity index is 1580. The molecule has 0 heterocycles. The van der Waals surface area contributed by atoms with Crippen LogP contribution in [0.1, 0.15) is 87.3 Å². The summed E-state index contributed by atoms with van der Waals surface area (Å²) in [6.45, 7) is 20.4. The highest BCUT2D eigenvalue weighted by molar-refractivity contribution is 7.83. The molecular weight excluding hydrogens is 667 g/mol. The summed E-state index contributed by atoms with van der Waals surface area (Å²) in [4.78, 5) is 58.6. The molecular formula is C39H59N5O6S. The summed E-state index contributed by atoms with van der Waals surface area (Å²) in [6.07, 6.45) is 1.00. The SMILES string of the molecule is C/C(=C\[C@H](C(C)C)N(C)C(=O)[C@@H](NC(=O)[C@@H](N(C)C(=O)OC(C)(C)C)C(C)(C)c1ccccc1)C(C)(C)C)C(=O)NS(=O)c1ccc(CN)cc1. The zero-order chi connectivity index (χ0) is 39.1. The summed E-state index contributed by atoms with van der Waals surface area (Å²) < 4.78 is 21.1. The first-order valence-corrected chi connectivity index (χ1v) is 18.4. The number of benzene rings is 2. The molecule has 282 valence electrons. The molecule has 0 bridgehead atoms. The van der Waals surface area contributed by atoms with Gasteiger partial charge in [-0.05, 0) is 62.3 Å². The monoisotopic (exact) mass is 725 g/mol. The van der Waals surface area contributed by atoms with Crippen LogP contribution in [-0.2, 0) is 42.1 Å². The standard InChI is InChI=1S/C39H59N5O6S/c1-25(2)30(23-26(3)33(45)42-51(49)29-21-19-27(24-40)20-22-29)43(12)35(47)31(37(4,5)6)41-34(46)32(44(13)36(48)50-38(7,8)9)39(10,11)28-17-15-14-16-18-28/h14-23,25,30-32H,24,40H2,1-13H3,(H,41,46)(H,42,45)/b26-23+/t30-,31-,32-,51?/m1/s1. The van der Waals surface area contributed by atoms with Gasteiger partial charge < -0.3 is 20.7 Å². The predicted molar refractivity (Wildman–Crippen MR) is 203 cm³/mol. The van der Waals surface area contributed by atoms with Gasteiger partial charge in [0.25, 0.3) is 5.91 Å². The van der Waals surface area contributed by atoms with Gasteiger partial charge in [-0.1, -0.05) is 97.0 Å². The van der Waals surface area contributed by atoms with Crippen LogP contribution in [-0.4, -0.2) is 75.6 Å². The third-order valence-electron chi connectivity index (χ3n) is 8.73. The van der Waals surface area contributed by atoms with Crippen molar-refractivity contribution in [2.75, 3.05) is 14.1 Å². The van der Waals surface area contributed by atoms with Gasteiger partial charge in [0, 0.05) is 31.6 Å². The van der Waals surface area contributed by atoms with Crippen molar-refractivity contribution in [1.82, 2.24) is 19.8 Å². The minimum Gasteiger partial charge on any atom is -0.444 e. The first kappa shape index (κ1) is 43.1. The second kappa shape index (κ2) is 17.5. The fourth-order valence-corrected chi connectivity index (χ4v) is 6.56. The van der Waals surface area contributed by atoms with Crippen molar-refractivity contribution in [2.45, 2.75) is 117 Å². The van der Waals surface area contributed by atoms with Gasteiger partial charge in [-0.2, -0.15) is 0 Å². The Morgan fingerprint density at radius 2 is 1.43 bits per heavy atom. The lowest BCUT2D eigenvalue weighted by Gasteiger charge is -2.42. The highest BCUT2D eigenvalue weighted by atomic mass is 32.2. The number of amides is 4. The zero-order valence-corrected chi connectivity index (χ0v) is 33.4. The first-order valence-electron chi connectivity index (χ1n) is 17.2. The van der Waals surface area contributed by atoms with Crippen molar-refractivity contribution in [3.63, 3.8) is 0 Å². The normalized spacial score (nSPS) is 14.9. The Balaban J connectivity index is 2.44. The summed E-state index contributed by atoms with van der Waals surface area (Å²) in [6, 6.07) is 13.6. The molecule has 0 aliphatic rings. The van der Waals surface area contributed by atoms with Crippen LogP contribution in [0.4, 0.5) is 4.79 Å². The molecule has 0 spiro atoms. The summed E-state index contributed by atoms with van der Waals surface area (Å²) >= 11 is 0. The third kappa shape index (κ3) is 11.8. The molecule has 0 aromatic heterocycles. The number of nitrogens with one attached hydrogen (secondary N) is 2. The molecule has 0 aliphatic heterocycles. The van der Waals surface area contributed by atoms with E-state index in [1.807, 2.05) is 78.8 Å². The molecule has 0 fully saturated rings. The summed E-state index contributed by atoms with van der Waals surface area (Å²) in [7, 11) is 1.36. The molecule has 51 heavy (non-hydrogen) atoms. The van der Waals surface area contributed by atoms with E-state index in [0.29, 0.717) is 11.4 Å². The molecule has 1 unspecified atom stereocenters. The second-order valence-electron chi connectivity index (χ2n) is 16.0. The highest BCUT2D eigenvalue weighted by Crippen LogP contribution is 2.32. The van der Waals surface area contributed by atoms with E-state index in [2.05, 4.69) is 10.0 Å². The number of ether oxygens (including phenoxy) is 1. The Kier molecular flexibility index (Phi) is 14.8.